The van der Waals surface area contributed by atoms with Gasteiger partial charge in [-0.1, -0.05) is 23.9 Å². The number of aliphatic imine (C=N–C) groups is 1. The summed E-state index contributed by atoms with van der Waals surface area (Å²) in [5.74, 6) is -0.867. The summed E-state index contributed by atoms with van der Waals surface area (Å²) in [5, 5.41) is 2.67. The van der Waals surface area contributed by atoms with Crippen LogP contribution < -0.4 is 5.32 Å². The molecule has 2 amide bonds. The van der Waals surface area contributed by atoms with E-state index in [1.54, 1.807) is 12.0 Å². The number of anilines is 1. The minimum absolute atomic E-state index is 0.00278. The van der Waals surface area contributed by atoms with E-state index < -0.39 is 5.25 Å². The Morgan fingerprint density at radius 1 is 1.28 bits per heavy atom. The molecule has 0 saturated carbocycles. The minimum atomic E-state index is -0.573. The van der Waals surface area contributed by atoms with Crippen molar-refractivity contribution in [1.29, 1.82) is 0 Å². The lowest BCUT2D eigenvalue weighted by atomic mass is 10.2. The van der Waals surface area contributed by atoms with Gasteiger partial charge in [0.25, 0.3) is 0 Å². The molecule has 0 aliphatic carbocycles. The Morgan fingerprint density at radius 2 is 2.03 bits per heavy atom. The molecule has 29 heavy (non-hydrogen) atoms. The van der Waals surface area contributed by atoms with Crippen molar-refractivity contribution in [2.24, 2.45) is 4.99 Å². The van der Waals surface area contributed by atoms with E-state index in [4.69, 9.17) is 4.74 Å². The number of nitrogens with zero attached hydrogens (tertiary/aromatic N) is 2. The third-order valence-corrected chi connectivity index (χ3v) is 5.44. The van der Waals surface area contributed by atoms with Crippen LogP contribution in [0.2, 0.25) is 0 Å². The highest BCUT2D eigenvalue weighted by molar-refractivity contribution is 8.15. The molecular formula is C21H22FN3O3S. The molecule has 1 atom stereocenters. The molecule has 0 unspecified atom stereocenters. The summed E-state index contributed by atoms with van der Waals surface area (Å²) in [7, 11) is 1.57. The van der Waals surface area contributed by atoms with E-state index >= 15 is 0 Å². The summed E-state index contributed by atoms with van der Waals surface area (Å²) < 4.78 is 18.1. The van der Waals surface area contributed by atoms with Gasteiger partial charge >= 0.3 is 0 Å². The molecule has 3 rings (SSSR count). The number of thioether (sulfide) groups is 1. The highest BCUT2D eigenvalue weighted by Crippen LogP contribution is 2.32. The summed E-state index contributed by atoms with van der Waals surface area (Å²) in [4.78, 5) is 31.4. The predicted molar refractivity (Wildman–Crippen MR) is 113 cm³/mol. The molecule has 0 radical (unpaired) electrons. The molecule has 1 N–H and O–H groups in total. The van der Waals surface area contributed by atoms with Crippen molar-refractivity contribution in [3.63, 3.8) is 0 Å². The van der Waals surface area contributed by atoms with E-state index in [0.717, 1.165) is 11.3 Å². The van der Waals surface area contributed by atoms with Gasteiger partial charge in [0.05, 0.1) is 18.8 Å². The number of hydrogen-bond acceptors (Lipinski definition) is 5. The summed E-state index contributed by atoms with van der Waals surface area (Å²) >= 11 is 1.27. The number of carbonyl (C=O) groups is 2. The number of amides is 2. The smallest absolute Gasteiger partial charge is 0.242 e. The molecule has 2 aromatic carbocycles. The van der Waals surface area contributed by atoms with Crippen molar-refractivity contribution in [3.05, 3.63) is 59.9 Å². The van der Waals surface area contributed by atoms with E-state index in [1.807, 2.05) is 31.2 Å². The van der Waals surface area contributed by atoms with Gasteiger partial charge in [0, 0.05) is 19.2 Å². The SMILES string of the molecule is COCCN1C(=O)[C@@H](CC(=O)Nc2ccc(F)cc2)SC1=Nc1cccc(C)c1. The van der Waals surface area contributed by atoms with Gasteiger partial charge in [0.1, 0.15) is 11.1 Å². The van der Waals surface area contributed by atoms with Crippen molar-refractivity contribution in [2.75, 3.05) is 25.6 Å². The fourth-order valence-electron chi connectivity index (χ4n) is 2.84. The summed E-state index contributed by atoms with van der Waals surface area (Å²) in [5.41, 5.74) is 2.30. The number of hydrogen-bond donors (Lipinski definition) is 1. The minimum Gasteiger partial charge on any atom is -0.383 e. The molecule has 0 spiro atoms. The Morgan fingerprint density at radius 3 is 2.72 bits per heavy atom. The van der Waals surface area contributed by atoms with Crippen molar-refractivity contribution < 1.29 is 18.7 Å². The Bertz CT molecular complexity index is 918. The number of amidine groups is 1. The van der Waals surface area contributed by atoms with E-state index in [1.165, 1.54) is 36.0 Å². The van der Waals surface area contributed by atoms with Gasteiger partial charge in [-0.05, 0) is 48.9 Å². The standard InChI is InChI=1S/C21H22FN3O3S/c1-14-4-3-5-17(12-14)24-21-25(10-11-28-2)20(27)18(29-21)13-19(26)23-16-8-6-15(22)7-9-16/h3-9,12,18H,10-11,13H2,1-2H3,(H,23,26)/t18-/m1/s1. The molecular weight excluding hydrogens is 393 g/mol. The van der Waals surface area contributed by atoms with Crippen molar-refractivity contribution in [1.82, 2.24) is 4.90 Å². The van der Waals surface area contributed by atoms with Crippen LogP contribution in [0.1, 0.15) is 12.0 Å². The summed E-state index contributed by atoms with van der Waals surface area (Å²) in [6.45, 7) is 2.71. The van der Waals surface area contributed by atoms with Crippen molar-refractivity contribution >= 4 is 40.1 Å². The summed E-state index contributed by atoms with van der Waals surface area (Å²) in [6.07, 6.45) is -0.00278. The maximum Gasteiger partial charge on any atom is 0.242 e. The van der Waals surface area contributed by atoms with E-state index in [-0.39, 0.29) is 24.1 Å². The molecule has 1 heterocycles. The molecule has 2 aromatic rings. The lowest BCUT2D eigenvalue weighted by molar-refractivity contribution is -0.128. The highest BCUT2D eigenvalue weighted by Gasteiger charge is 2.39. The average Bonchev–Trinajstić information content (AvgIpc) is 2.96. The number of aryl methyl sites for hydroxylation is 1. The van der Waals surface area contributed by atoms with Crippen LogP contribution in [0.3, 0.4) is 0 Å². The van der Waals surface area contributed by atoms with Crippen molar-refractivity contribution in [3.8, 4) is 0 Å². The molecule has 152 valence electrons. The zero-order valence-electron chi connectivity index (χ0n) is 16.2. The van der Waals surface area contributed by atoms with E-state index in [9.17, 15) is 14.0 Å². The molecule has 1 aliphatic rings. The number of benzene rings is 2. The first-order valence-electron chi connectivity index (χ1n) is 9.14. The topological polar surface area (TPSA) is 71.0 Å². The Balaban J connectivity index is 1.73. The van der Waals surface area contributed by atoms with Crippen LogP contribution in [-0.4, -0.2) is 47.4 Å². The zero-order valence-corrected chi connectivity index (χ0v) is 17.0. The van der Waals surface area contributed by atoms with Crippen LogP contribution in [0.15, 0.2) is 53.5 Å². The van der Waals surface area contributed by atoms with Crippen molar-refractivity contribution in [2.45, 2.75) is 18.6 Å². The molecule has 8 heteroatoms. The van der Waals surface area contributed by atoms with Crippen LogP contribution in [-0.2, 0) is 14.3 Å². The third kappa shape index (κ3) is 5.65. The monoisotopic (exact) mass is 415 g/mol. The van der Waals surface area contributed by atoms with Gasteiger partial charge in [-0.2, -0.15) is 0 Å². The number of carbonyl (C=O) groups excluding carboxylic acids is 2. The first-order valence-corrected chi connectivity index (χ1v) is 10.0. The van der Waals surface area contributed by atoms with E-state index in [2.05, 4.69) is 10.3 Å². The Kier molecular flexibility index (Phi) is 7.00. The van der Waals surface area contributed by atoms with Crippen LogP contribution in [0, 0.1) is 12.7 Å². The van der Waals surface area contributed by atoms with Gasteiger partial charge in [0.15, 0.2) is 5.17 Å². The fraction of sp³-hybridized carbons (Fsp3) is 0.286. The van der Waals surface area contributed by atoms with Gasteiger partial charge in [-0.15, -0.1) is 0 Å². The predicted octanol–water partition coefficient (Wildman–Crippen LogP) is 3.74. The second-order valence-electron chi connectivity index (χ2n) is 6.58. The largest absolute Gasteiger partial charge is 0.383 e. The van der Waals surface area contributed by atoms with Crippen LogP contribution >= 0.6 is 11.8 Å². The van der Waals surface area contributed by atoms with Crippen LogP contribution in [0.5, 0.6) is 0 Å². The first kappa shape index (κ1) is 21.0. The molecule has 1 fully saturated rings. The molecule has 0 aromatic heterocycles. The third-order valence-electron chi connectivity index (χ3n) is 4.26. The van der Waals surface area contributed by atoms with E-state index in [0.29, 0.717) is 24.0 Å². The quantitative estimate of drug-likeness (QED) is 0.748. The zero-order chi connectivity index (χ0) is 20.8. The lowest BCUT2D eigenvalue weighted by Crippen LogP contribution is -2.35. The molecule has 6 nitrogen and oxygen atoms in total. The second-order valence-corrected chi connectivity index (χ2v) is 7.75. The number of rotatable bonds is 7. The maximum absolute atomic E-state index is 13.0. The first-order chi connectivity index (χ1) is 14.0. The molecule has 1 aliphatic heterocycles. The Labute approximate surface area is 173 Å². The van der Waals surface area contributed by atoms with Gasteiger partial charge in [0.2, 0.25) is 11.8 Å². The Hall–Kier alpha value is -2.71. The number of ether oxygens (including phenoxy) is 1. The lowest BCUT2D eigenvalue weighted by Gasteiger charge is -2.15. The second kappa shape index (κ2) is 9.67. The van der Waals surface area contributed by atoms with Crippen LogP contribution in [0.25, 0.3) is 0 Å². The highest BCUT2D eigenvalue weighted by atomic mass is 32.2. The normalized spacial score (nSPS) is 17.8. The van der Waals surface area contributed by atoms with Crippen LogP contribution in [0.4, 0.5) is 15.8 Å². The van der Waals surface area contributed by atoms with Gasteiger partial charge in [-0.3, -0.25) is 14.5 Å². The number of nitrogens with one attached hydrogen (secondary N) is 1. The molecule has 1 saturated heterocycles. The molecule has 0 bridgehead atoms. The maximum atomic E-state index is 13.0. The fourth-order valence-corrected chi connectivity index (χ4v) is 4.02. The number of methoxy groups -OCH3 is 1. The average molecular weight is 415 g/mol. The van der Waals surface area contributed by atoms with Gasteiger partial charge in [-0.25, -0.2) is 9.38 Å². The van der Waals surface area contributed by atoms with Gasteiger partial charge < -0.3 is 10.1 Å². The summed E-state index contributed by atoms with van der Waals surface area (Å²) in [6, 6.07) is 13.2. The number of halogens is 1.